The summed E-state index contributed by atoms with van der Waals surface area (Å²) < 4.78 is 30.2. The van der Waals surface area contributed by atoms with Crippen molar-refractivity contribution in [2.24, 2.45) is 11.8 Å². The van der Waals surface area contributed by atoms with Gasteiger partial charge in [0, 0.05) is 27.8 Å². The van der Waals surface area contributed by atoms with Crippen LogP contribution >= 0.6 is 0 Å². The minimum atomic E-state index is -0.327. The van der Waals surface area contributed by atoms with Gasteiger partial charge in [-0.05, 0) is 149 Å². The smallest absolute Gasteiger partial charge is 0.134 e. The zero-order valence-corrected chi connectivity index (χ0v) is 38.0. The first-order chi connectivity index (χ1) is 27.5. The van der Waals surface area contributed by atoms with Gasteiger partial charge < -0.3 is 33.9 Å². The van der Waals surface area contributed by atoms with E-state index in [1.165, 1.54) is 27.9 Å². The molecule has 3 aliphatic heterocycles. The topological polar surface area (TPSA) is 86.6 Å². The number of methoxy groups -OCH3 is 2. The molecule has 58 heavy (non-hydrogen) atoms. The highest BCUT2D eigenvalue weighted by atomic mass is 16.5. The normalized spacial score (nSPS) is 22.2. The SMILES string of the molecule is C=C1OCc2c1cc(OC)c1c2O[C@@](C)(CC/C=C(\C)CCC=C(C)C)[C@@H](C)C1.COc1cc(CO)c(CO)c2c1C[C@H](C)[C@](C)(CC/C=C(\C)CCC=C(C)C)O2. The van der Waals surface area contributed by atoms with Gasteiger partial charge >= 0.3 is 0 Å². The number of allylic oxidation sites excluding steroid dienone is 8. The van der Waals surface area contributed by atoms with Gasteiger partial charge in [-0.15, -0.1) is 0 Å². The summed E-state index contributed by atoms with van der Waals surface area (Å²) in [6, 6.07) is 3.88. The zero-order valence-electron chi connectivity index (χ0n) is 38.0. The Balaban J connectivity index is 0.000000257. The standard InChI is InChI=1S/C26H36O3.C25H38O4/c1-17(2)10-8-11-18(3)12-9-13-26(6)19(4)14-22-24(27-7)15-21-20(5)28-16-23(21)25(22)29-26;1-17(2)9-7-10-18(3)11-8-12-25(5)19(4)13-21-23(28-6)14-20(15-26)22(16-27)24(21)29-25/h10,12,15,19H,5,8-9,11,13-14,16H2,1-4,6-7H3;9,11,14,19,26-27H,7-8,10,12-13,15-16H2,1-6H3/b18-12+;18-11+/t19-,26-;19-,25-/m00/s1. The van der Waals surface area contributed by atoms with Crippen molar-refractivity contribution in [3.63, 3.8) is 0 Å². The van der Waals surface area contributed by atoms with Gasteiger partial charge in [-0.25, -0.2) is 0 Å². The van der Waals surface area contributed by atoms with Gasteiger partial charge in [-0.2, -0.15) is 0 Å². The maximum atomic E-state index is 9.93. The zero-order chi connectivity index (χ0) is 42.8. The molecule has 0 amide bonds. The van der Waals surface area contributed by atoms with Crippen LogP contribution in [0.15, 0.2) is 65.3 Å². The summed E-state index contributed by atoms with van der Waals surface area (Å²) in [4.78, 5) is 0. The molecule has 0 spiro atoms. The van der Waals surface area contributed by atoms with E-state index in [0.717, 1.165) is 98.1 Å². The highest BCUT2D eigenvalue weighted by molar-refractivity contribution is 5.72. The first-order valence-corrected chi connectivity index (χ1v) is 21.4. The summed E-state index contributed by atoms with van der Waals surface area (Å²) in [5, 5.41) is 19.7. The van der Waals surface area contributed by atoms with E-state index >= 15 is 0 Å². The molecule has 0 saturated carbocycles. The van der Waals surface area contributed by atoms with Gasteiger partial charge in [0.25, 0.3) is 0 Å². The maximum Gasteiger partial charge on any atom is 0.134 e. The summed E-state index contributed by atoms with van der Waals surface area (Å²) >= 11 is 0. The van der Waals surface area contributed by atoms with Crippen LogP contribution in [0.4, 0.5) is 0 Å². The lowest BCUT2D eigenvalue weighted by molar-refractivity contribution is 0.00721. The molecule has 7 heteroatoms. The monoisotopic (exact) mass is 799 g/mol. The first-order valence-electron chi connectivity index (χ1n) is 21.4. The molecule has 0 unspecified atom stereocenters. The van der Waals surface area contributed by atoms with Gasteiger partial charge in [0.1, 0.15) is 46.6 Å². The van der Waals surface area contributed by atoms with Crippen LogP contribution in [0.25, 0.3) is 5.76 Å². The van der Waals surface area contributed by atoms with Crippen LogP contribution < -0.4 is 18.9 Å². The predicted octanol–water partition coefficient (Wildman–Crippen LogP) is 12.5. The van der Waals surface area contributed by atoms with E-state index in [4.69, 9.17) is 23.7 Å². The molecule has 2 aromatic carbocycles. The Morgan fingerprint density at radius 3 is 1.66 bits per heavy atom. The number of ether oxygens (including phenoxy) is 5. The molecule has 5 rings (SSSR count). The number of fused-ring (bicyclic) bond motifs is 4. The molecule has 2 N–H and O–H groups in total. The predicted molar refractivity (Wildman–Crippen MR) is 239 cm³/mol. The Morgan fingerprint density at radius 2 is 1.19 bits per heavy atom. The van der Waals surface area contributed by atoms with Crippen LogP contribution in [0, 0.1) is 11.8 Å². The largest absolute Gasteiger partial charge is 0.496 e. The van der Waals surface area contributed by atoms with E-state index in [-0.39, 0.29) is 24.4 Å². The van der Waals surface area contributed by atoms with E-state index in [9.17, 15) is 10.2 Å². The van der Waals surface area contributed by atoms with Crippen LogP contribution in [0.2, 0.25) is 0 Å². The molecular formula is C51H74O7. The fourth-order valence-electron chi connectivity index (χ4n) is 8.33. The molecule has 320 valence electrons. The second-order valence-electron chi connectivity index (χ2n) is 17.8. The van der Waals surface area contributed by atoms with Crippen molar-refractivity contribution < 1.29 is 33.9 Å². The highest BCUT2D eigenvalue weighted by Crippen LogP contribution is 2.50. The number of aliphatic hydroxyl groups is 2. The average Bonchev–Trinajstić information content (AvgIpc) is 3.54. The van der Waals surface area contributed by atoms with Crippen molar-refractivity contribution in [1.29, 1.82) is 0 Å². The van der Waals surface area contributed by atoms with Gasteiger partial charge in [0.15, 0.2) is 0 Å². The second kappa shape index (κ2) is 20.8. The van der Waals surface area contributed by atoms with Crippen molar-refractivity contribution in [2.75, 3.05) is 14.2 Å². The lowest BCUT2D eigenvalue weighted by Crippen LogP contribution is -2.44. The molecule has 0 bridgehead atoms. The Hall–Kier alpha value is -3.94. The number of rotatable bonds is 16. The summed E-state index contributed by atoms with van der Waals surface area (Å²) in [5.41, 5.74) is 10.7. The van der Waals surface area contributed by atoms with E-state index in [2.05, 4.69) is 106 Å². The summed E-state index contributed by atoms with van der Waals surface area (Å²) in [6.07, 6.45) is 19.4. The third kappa shape index (κ3) is 11.4. The Labute approximate surface area is 350 Å². The van der Waals surface area contributed by atoms with Crippen molar-refractivity contribution in [3.8, 4) is 23.0 Å². The van der Waals surface area contributed by atoms with Crippen LogP contribution in [-0.4, -0.2) is 35.6 Å². The highest BCUT2D eigenvalue weighted by Gasteiger charge is 2.42. The van der Waals surface area contributed by atoms with E-state index in [1.54, 1.807) is 14.2 Å². The van der Waals surface area contributed by atoms with Crippen molar-refractivity contribution in [3.05, 3.63) is 98.7 Å². The molecule has 0 saturated heterocycles. The number of hydrogen-bond acceptors (Lipinski definition) is 7. The minimum Gasteiger partial charge on any atom is -0.496 e. The summed E-state index contributed by atoms with van der Waals surface area (Å²) in [5.74, 6) is 4.70. The van der Waals surface area contributed by atoms with Crippen LogP contribution in [0.3, 0.4) is 0 Å². The number of benzene rings is 2. The minimum absolute atomic E-state index is 0.150. The fourth-order valence-corrected chi connectivity index (χ4v) is 8.33. The molecule has 4 atom stereocenters. The van der Waals surface area contributed by atoms with E-state index in [0.29, 0.717) is 41.1 Å². The molecule has 7 nitrogen and oxygen atoms in total. The third-order valence-corrected chi connectivity index (χ3v) is 12.7. The summed E-state index contributed by atoms with van der Waals surface area (Å²) in [6.45, 7) is 26.2. The lowest BCUT2D eigenvalue weighted by atomic mass is 9.78. The molecule has 0 aromatic heterocycles. The average molecular weight is 799 g/mol. The summed E-state index contributed by atoms with van der Waals surface area (Å²) in [7, 11) is 3.36. The van der Waals surface area contributed by atoms with Crippen molar-refractivity contribution in [1.82, 2.24) is 0 Å². The molecule has 3 heterocycles. The lowest BCUT2D eigenvalue weighted by Gasteiger charge is -2.42. The second-order valence-corrected chi connectivity index (χ2v) is 17.8. The molecule has 0 radical (unpaired) electrons. The van der Waals surface area contributed by atoms with Crippen molar-refractivity contribution >= 4 is 5.76 Å². The van der Waals surface area contributed by atoms with Crippen LogP contribution in [0.5, 0.6) is 23.0 Å². The third-order valence-electron chi connectivity index (χ3n) is 12.7. The van der Waals surface area contributed by atoms with Crippen molar-refractivity contribution in [2.45, 2.75) is 164 Å². The Bertz CT molecular complexity index is 1870. The van der Waals surface area contributed by atoms with Crippen LogP contribution in [0.1, 0.15) is 154 Å². The fraction of sp³-hybridized carbons (Fsp3) is 0.569. The number of hydrogen-bond donors (Lipinski definition) is 2. The van der Waals surface area contributed by atoms with Gasteiger partial charge in [-0.3, -0.25) is 0 Å². The van der Waals surface area contributed by atoms with Gasteiger partial charge in [-0.1, -0.05) is 67.0 Å². The van der Waals surface area contributed by atoms with E-state index in [1.807, 2.05) is 6.07 Å². The molecule has 0 fully saturated rings. The molecule has 3 aliphatic rings. The maximum absolute atomic E-state index is 9.93. The quantitative estimate of drug-likeness (QED) is 0.164. The van der Waals surface area contributed by atoms with Crippen LogP contribution in [-0.2, 0) is 37.4 Å². The molecular weight excluding hydrogens is 725 g/mol. The van der Waals surface area contributed by atoms with Gasteiger partial charge in [0.05, 0.1) is 27.4 Å². The molecule has 2 aromatic rings. The Kier molecular flexibility index (Phi) is 16.8. The Morgan fingerprint density at radius 1 is 0.707 bits per heavy atom. The van der Waals surface area contributed by atoms with E-state index < -0.39 is 0 Å². The van der Waals surface area contributed by atoms with Gasteiger partial charge in [0.2, 0.25) is 0 Å². The first kappa shape index (κ1) is 46.7. The number of aliphatic hydroxyl groups excluding tert-OH is 2. The molecule has 0 aliphatic carbocycles.